The Balaban J connectivity index is 3.21. The number of rotatable bonds is 1. The monoisotopic (exact) mass is 215 g/mol. The predicted octanol–water partition coefficient (Wildman–Crippen LogP) is 1.49. The lowest BCUT2D eigenvalue weighted by molar-refractivity contribution is 1.11. The molecule has 0 saturated carbocycles. The molecule has 0 spiro atoms. The smallest absolute Gasteiger partial charge is 0.0770 e. The molecule has 0 radical (unpaired) electrons. The Morgan fingerprint density at radius 3 is 2.45 bits per heavy atom. The summed E-state index contributed by atoms with van der Waals surface area (Å²) in [6.45, 7) is 0. The largest absolute Gasteiger partial charge is 0.396 e. The first-order valence-corrected chi connectivity index (χ1v) is 3.98. The van der Waals surface area contributed by atoms with Crippen molar-refractivity contribution in [2.45, 2.75) is 0 Å². The maximum absolute atomic E-state index is 5.69. The third-order valence-electron chi connectivity index (χ3n) is 1.35. The van der Waals surface area contributed by atoms with E-state index in [0.29, 0.717) is 5.69 Å². The Kier molecular flexibility index (Phi) is 2.34. The van der Waals surface area contributed by atoms with Crippen molar-refractivity contribution in [3.8, 4) is 0 Å². The van der Waals surface area contributed by atoms with E-state index in [0.717, 1.165) is 10.2 Å². The number of nitrogens with zero attached hydrogens (tertiary/aromatic N) is 2. The summed E-state index contributed by atoms with van der Waals surface area (Å²) in [5, 5.41) is 0. The molecule has 1 heterocycles. The van der Waals surface area contributed by atoms with Crippen molar-refractivity contribution in [3.63, 3.8) is 0 Å². The summed E-state index contributed by atoms with van der Waals surface area (Å²) in [6, 6.07) is 0. The fraction of sp³-hybridized carbons (Fsp3) is 0.286. The number of nitrogen functional groups attached to an aromatic ring is 1. The van der Waals surface area contributed by atoms with E-state index in [1.807, 2.05) is 19.0 Å². The van der Waals surface area contributed by atoms with Gasteiger partial charge in [0, 0.05) is 20.3 Å². The number of hydrogen-bond acceptors (Lipinski definition) is 3. The highest BCUT2D eigenvalue weighted by Gasteiger charge is 2.05. The second-order valence-corrected chi connectivity index (χ2v) is 3.31. The van der Waals surface area contributed by atoms with Crippen LogP contribution in [-0.2, 0) is 0 Å². The van der Waals surface area contributed by atoms with Crippen molar-refractivity contribution < 1.29 is 0 Å². The Morgan fingerprint density at radius 1 is 1.45 bits per heavy atom. The van der Waals surface area contributed by atoms with Crippen molar-refractivity contribution >= 4 is 27.3 Å². The summed E-state index contributed by atoms with van der Waals surface area (Å²) in [7, 11) is 3.88. The van der Waals surface area contributed by atoms with Crippen molar-refractivity contribution in [2.75, 3.05) is 24.7 Å². The van der Waals surface area contributed by atoms with E-state index in [1.165, 1.54) is 0 Å². The van der Waals surface area contributed by atoms with E-state index < -0.39 is 0 Å². The van der Waals surface area contributed by atoms with E-state index in [2.05, 4.69) is 20.9 Å². The molecule has 1 rings (SSSR count). The third-order valence-corrected chi connectivity index (χ3v) is 1.93. The van der Waals surface area contributed by atoms with Crippen LogP contribution < -0.4 is 10.6 Å². The first-order chi connectivity index (χ1) is 5.13. The lowest BCUT2D eigenvalue weighted by atomic mass is 10.3. The van der Waals surface area contributed by atoms with Crippen LogP contribution in [0.5, 0.6) is 0 Å². The highest BCUT2D eigenvalue weighted by atomic mass is 79.9. The average Bonchev–Trinajstić information content (AvgIpc) is 1.85. The van der Waals surface area contributed by atoms with Gasteiger partial charge >= 0.3 is 0 Å². The summed E-state index contributed by atoms with van der Waals surface area (Å²) in [4.78, 5) is 5.87. The van der Waals surface area contributed by atoms with Crippen LogP contribution in [0.2, 0.25) is 0 Å². The van der Waals surface area contributed by atoms with Crippen LogP contribution in [0.4, 0.5) is 11.4 Å². The first-order valence-electron chi connectivity index (χ1n) is 3.19. The van der Waals surface area contributed by atoms with Crippen LogP contribution in [0.25, 0.3) is 0 Å². The quantitative estimate of drug-likeness (QED) is 0.773. The van der Waals surface area contributed by atoms with Gasteiger partial charge in [0.15, 0.2) is 0 Å². The van der Waals surface area contributed by atoms with Crippen LogP contribution in [0, 0.1) is 0 Å². The number of aromatic nitrogens is 1. The topological polar surface area (TPSA) is 42.1 Å². The van der Waals surface area contributed by atoms with Gasteiger partial charge in [-0.1, -0.05) is 0 Å². The molecule has 0 amide bonds. The Morgan fingerprint density at radius 2 is 2.09 bits per heavy atom. The Hall–Kier alpha value is -0.770. The minimum absolute atomic E-state index is 0.685. The lowest BCUT2D eigenvalue weighted by Gasteiger charge is -2.15. The average molecular weight is 216 g/mol. The van der Waals surface area contributed by atoms with E-state index in [9.17, 15) is 0 Å². The molecule has 0 aliphatic carbocycles. The summed E-state index contributed by atoms with van der Waals surface area (Å²) >= 11 is 3.36. The van der Waals surface area contributed by atoms with Crippen LogP contribution >= 0.6 is 15.9 Å². The summed E-state index contributed by atoms with van der Waals surface area (Å²) in [5.74, 6) is 0. The maximum Gasteiger partial charge on any atom is 0.0770 e. The Labute approximate surface area is 74.3 Å². The predicted molar refractivity (Wildman–Crippen MR) is 50.7 cm³/mol. The standard InChI is InChI=1S/C7H10BrN3/c1-11(2)7-5(8)3-10-4-6(7)9/h3-4H,9H2,1-2H3. The minimum Gasteiger partial charge on any atom is -0.396 e. The summed E-state index contributed by atoms with van der Waals surface area (Å²) in [5.41, 5.74) is 7.34. The molecule has 60 valence electrons. The third kappa shape index (κ3) is 1.63. The molecule has 1 aromatic heterocycles. The molecule has 0 bridgehead atoms. The van der Waals surface area contributed by atoms with Crippen molar-refractivity contribution in [3.05, 3.63) is 16.9 Å². The molecule has 2 N–H and O–H groups in total. The van der Waals surface area contributed by atoms with Gasteiger partial charge in [0.05, 0.1) is 22.0 Å². The Bertz CT molecular complexity index is 240. The summed E-state index contributed by atoms with van der Waals surface area (Å²) < 4.78 is 0.919. The fourth-order valence-corrected chi connectivity index (χ4v) is 1.62. The molecule has 0 unspecified atom stereocenters. The normalized spacial score (nSPS) is 9.73. The zero-order valence-corrected chi connectivity index (χ0v) is 8.09. The molecular formula is C7H10BrN3. The zero-order valence-electron chi connectivity index (χ0n) is 6.50. The van der Waals surface area contributed by atoms with Crippen molar-refractivity contribution in [2.24, 2.45) is 0 Å². The van der Waals surface area contributed by atoms with Gasteiger partial charge in [0.25, 0.3) is 0 Å². The number of nitrogens with two attached hydrogens (primary N) is 1. The van der Waals surface area contributed by atoms with E-state index in [-0.39, 0.29) is 0 Å². The molecule has 1 aromatic rings. The minimum atomic E-state index is 0.685. The highest BCUT2D eigenvalue weighted by molar-refractivity contribution is 9.10. The van der Waals surface area contributed by atoms with Gasteiger partial charge < -0.3 is 10.6 Å². The van der Waals surface area contributed by atoms with E-state index in [1.54, 1.807) is 12.4 Å². The lowest BCUT2D eigenvalue weighted by Crippen LogP contribution is -2.11. The highest BCUT2D eigenvalue weighted by Crippen LogP contribution is 2.28. The van der Waals surface area contributed by atoms with Gasteiger partial charge in [-0.15, -0.1) is 0 Å². The molecule has 0 saturated heterocycles. The van der Waals surface area contributed by atoms with Crippen molar-refractivity contribution in [1.29, 1.82) is 0 Å². The van der Waals surface area contributed by atoms with Gasteiger partial charge in [-0.2, -0.15) is 0 Å². The zero-order chi connectivity index (χ0) is 8.43. The summed E-state index contributed by atoms with van der Waals surface area (Å²) in [6.07, 6.45) is 3.37. The van der Waals surface area contributed by atoms with Gasteiger partial charge in [-0.3, -0.25) is 4.98 Å². The molecule has 0 aromatic carbocycles. The van der Waals surface area contributed by atoms with Gasteiger partial charge in [0.1, 0.15) is 0 Å². The van der Waals surface area contributed by atoms with Crippen LogP contribution in [0.15, 0.2) is 16.9 Å². The van der Waals surface area contributed by atoms with E-state index >= 15 is 0 Å². The van der Waals surface area contributed by atoms with Gasteiger partial charge in [0.2, 0.25) is 0 Å². The maximum atomic E-state index is 5.69. The molecular weight excluding hydrogens is 206 g/mol. The van der Waals surface area contributed by atoms with Crippen LogP contribution in [-0.4, -0.2) is 19.1 Å². The molecule has 3 nitrogen and oxygen atoms in total. The fourth-order valence-electron chi connectivity index (χ4n) is 0.915. The van der Waals surface area contributed by atoms with Gasteiger partial charge in [-0.05, 0) is 15.9 Å². The van der Waals surface area contributed by atoms with Crippen LogP contribution in [0.1, 0.15) is 0 Å². The van der Waals surface area contributed by atoms with Crippen LogP contribution in [0.3, 0.4) is 0 Å². The molecule has 0 atom stereocenters. The second-order valence-electron chi connectivity index (χ2n) is 2.45. The SMILES string of the molecule is CN(C)c1c(N)cncc1Br. The molecule has 11 heavy (non-hydrogen) atoms. The number of hydrogen-bond donors (Lipinski definition) is 1. The number of pyridine rings is 1. The number of halogens is 1. The van der Waals surface area contributed by atoms with E-state index in [4.69, 9.17) is 5.73 Å². The second kappa shape index (κ2) is 3.09. The van der Waals surface area contributed by atoms with Gasteiger partial charge in [-0.25, -0.2) is 0 Å². The van der Waals surface area contributed by atoms with Crippen molar-refractivity contribution in [1.82, 2.24) is 4.98 Å². The molecule has 0 aliphatic rings. The molecule has 0 fully saturated rings. The number of anilines is 2. The first kappa shape index (κ1) is 8.33. The molecule has 0 aliphatic heterocycles. The molecule has 4 heteroatoms.